The first-order valence-electron chi connectivity index (χ1n) is 5.47. The molecule has 0 fully saturated rings. The Morgan fingerprint density at radius 3 is 2.69 bits per heavy atom. The molecule has 0 aromatic heterocycles. The van der Waals surface area contributed by atoms with Crippen LogP contribution >= 0.6 is 0 Å². The molecular weight excluding hydrogens is 200 g/mol. The summed E-state index contributed by atoms with van der Waals surface area (Å²) in [6.07, 6.45) is 4.28. The van der Waals surface area contributed by atoms with E-state index < -0.39 is 0 Å². The highest BCUT2D eigenvalue weighted by atomic mass is 16.5. The third-order valence-electron chi connectivity index (χ3n) is 2.28. The highest BCUT2D eigenvalue weighted by molar-refractivity contribution is 5.87. The van der Waals surface area contributed by atoms with Gasteiger partial charge in [0.15, 0.2) is 0 Å². The zero-order valence-electron chi connectivity index (χ0n) is 10.1. The second kappa shape index (κ2) is 6.11. The zero-order chi connectivity index (χ0) is 12.0. The Morgan fingerprint density at radius 2 is 2.06 bits per heavy atom. The molecule has 1 rings (SSSR count). The van der Waals surface area contributed by atoms with E-state index in [0.29, 0.717) is 5.92 Å². The van der Waals surface area contributed by atoms with Gasteiger partial charge in [0.2, 0.25) is 0 Å². The summed E-state index contributed by atoms with van der Waals surface area (Å²) in [4.78, 5) is 11.0. The number of hydrogen-bond acceptors (Lipinski definition) is 2. The van der Waals surface area contributed by atoms with Crippen LogP contribution in [0.15, 0.2) is 30.3 Å². The third-order valence-corrected chi connectivity index (χ3v) is 2.28. The van der Waals surface area contributed by atoms with Gasteiger partial charge < -0.3 is 4.74 Å². The number of carbonyl (C=O) groups excluding carboxylic acids is 1. The molecule has 1 aromatic rings. The summed E-state index contributed by atoms with van der Waals surface area (Å²) in [5.74, 6) is 0.284. The van der Waals surface area contributed by atoms with Crippen LogP contribution in [-0.2, 0) is 16.0 Å². The molecule has 0 amide bonds. The van der Waals surface area contributed by atoms with Crippen LogP contribution in [0.4, 0.5) is 0 Å². The topological polar surface area (TPSA) is 26.3 Å². The maximum absolute atomic E-state index is 11.0. The summed E-state index contributed by atoms with van der Waals surface area (Å²) in [6.45, 7) is 4.36. The summed E-state index contributed by atoms with van der Waals surface area (Å²) in [5, 5.41) is 0. The first kappa shape index (κ1) is 12.5. The van der Waals surface area contributed by atoms with Gasteiger partial charge in [-0.2, -0.15) is 0 Å². The molecule has 2 heteroatoms. The predicted octanol–water partition coefficient (Wildman–Crippen LogP) is 3.07. The average Bonchev–Trinajstić information content (AvgIpc) is 2.26. The van der Waals surface area contributed by atoms with Crippen LogP contribution in [0.25, 0.3) is 6.08 Å². The maximum atomic E-state index is 11.0. The Hall–Kier alpha value is -1.57. The van der Waals surface area contributed by atoms with Crippen molar-refractivity contribution in [3.05, 3.63) is 41.5 Å². The van der Waals surface area contributed by atoms with Crippen LogP contribution in [-0.4, -0.2) is 13.1 Å². The van der Waals surface area contributed by atoms with Gasteiger partial charge in [-0.15, -0.1) is 0 Å². The fourth-order valence-corrected chi connectivity index (χ4v) is 1.55. The highest BCUT2D eigenvalue weighted by Crippen LogP contribution is 2.15. The van der Waals surface area contributed by atoms with Gasteiger partial charge in [0.1, 0.15) is 0 Å². The molecule has 0 N–H and O–H groups in total. The number of benzene rings is 1. The van der Waals surface area contributed by atoms with Crippen LogP contribution < -0.4 is 0 Å². The summed E-state index contributed by atoms with van der Waals surface area (Å²) in [5.41, 5.74) is 2.35. The number of methoxy groups -OCH3 is 1. The van der Waals surface area contributed by atoms with Gasteiger partial charge in [-0.1, -0.05) is 38.1 Å². The van der Waals surface area contributed by atoms with Crippen molar-refractivity contribution in [2.45, 2.75) is 20.3 Å². The van der Waals surface area contributed by atoms with E-state index in [-0.39, 0.29) is 5.97 Å². The molecular formula is C14H18O2. The van der Waals surface area contributed by atoms with E-state index in [1.165, 1.54) is 18.7 Å². The standard InChI is InChI=1S/C14H18O2/c1-11(2)10-13-7-5-4-6-12(13)8-9-14(15)16-3/h4-9,11H,10H2,1-3H3. The van der Waals surface area contributed by atoms with Gasteiger partial charge in [-0.3, -0.25) is 0 Å². The molecule has 0 aliphatic rings. The third kappa shape index (κ3) is 3.89. The van der Waals surface area contributed by atoms with Crippen molar-refractivity contribution < 1.29 is 9.53 Å². The Bertz CT molecular complexity index is 378. The number of rotatable bonds is 4. The molecule has 0 aliphatic heterocycles. The maximum Gasteiger partial charge on any atom is 0.330 e. The van der Waals surface area contributed by atoms with Crippen molar-refractivity contribution in [3.63, 3.8) is 0 Å². The quantitative estimate of drug-likeness (QED) is 0.573. The summed E-state index contributed by atoms with van der Waals surface area (Å²) >= 11 is 0. The second-order valence-electron chi connectivity index (χ2n) is 4.15. The van der Waals surface area contributed by atoms with Gasteiger partial charge in [0, 0.05) is 6.08 Å². The van der Waals surface area contributed by atoms with Crippen LogP contribution in [0, 0.1) is 5.92 Å². The van der Waals surface area contributed by atoms with E-state index >= 15 is 0 Å². The fourth-order valence-electron chi connectivity index (χ4n) is 1.55. The van der Waals surface area contributed by atoms with Gasteiger partial charge in [-0.05, 0) is 29.5 Å². The minimum Gasteiger partial charge on any atom is -0.466 e. The molecule has 0 spiro atoms. The van der Waals surface area contributed by atoms with Crippen LogP contribution in [0.2, 0.25) is 0 Å². The SMILES string of the molecule is COC(=O)C=Cc1ccccc1CC(C)C. The molecule has 0 unspecified atom stereocenters. The predicted molar refractivity (Wildman–Crippen MR) is 66.0 cm³/mol. The lowest BCUT2D eigenvalue weighted by Crippen LogP contribution is -1.97. The van der Waals surface area contributed by atoms with Crippen molar-refractivity contribution in [3.8, 4) is 0 Å². The highest BCUT2D eigenvalue weighted by Gasteiger charge is 2.02. The number of esters is 1. The molecule has 86 valence electrons. The van der Waals surface area contributed by atoms with E-state index in [0.717, 1.165) is 12.0 Å². The van der Waals surface area contributed by atoms with E-state index in [4.69, 9.17) is 0 Å². The van der Waals surface area contributed by atoms with Crippen LogP contribution in [0.5, 0.6) is 0 Å². The van der Waals surface area contributed by atoms with Crippen molar-refractivity contribution in [1.29, 1.82) is 0 Å². The lowest BCUT2D eigenvalue weighted by atomic mass is 9.98. The van der Waals surface area contributed by atoms with Gasteiger partial charge in [0.25, 0.3) is 0 Å². The minimum absolute atomic E-state index is 0.320. The smallest absolute Gasteiger partial charge is 0.330 e. The Kier molecular flexibility index (Phi) is 4.77. The Balaban J connectivity index is 2.86. The second-order valence-corrected chi connectivity index (χ2v) is 4.15. The lowest BCUT2D eigenvalue weighted by Gasteiger charge is -2.08. The summed E-state index contributed by atoms with van der Waals surface area (Å²) in [7, 11) is 1.38. The van der Waals surface area contributed by atoms with Crippen molar-refractivity contribution in [1.82, 2.24) is 0 Å². The molecule has 0 bridgehead atoms. The van der Waals surface area contributed by atoms with Crippen LogP contribution in [0.1, 0.15) is 25.0 Å². The lowest BCUT2D eigenvalue weighted by molar-refractivity contribution is -0.134. The number of carbonyl (C=O) groups is 1. The van der Waals surface area contributed by atoms with E-state index in [2.05, 4.69) is 24.7 Å². The van der Waals surface area contributed by atoms with E-state index in [1.807, 2.05) is 24.3 Å². The first-order chi connectivity index (χ1) is 7.63. The van der Waals surface area contributed by atoms with Crippen LogP contribution in [0.3, 0.4) is 0 Å². The van der Waals surface area contributed by atoms with E-state index in [9.17, 15) is 4.79 Å². The first-order valence-corrected chi connectivity index (χ1v) is 5.47. The Morgan fingerprint density at radius 1 is 1.38 bits per heavy atom. The van der Waals surface area contributed by atoms with Gasteiger partial charge in [0.05, 0.1) is 7.11 Å². The molecule has 0 saturated carbocycles. The average molecular weight is 218 g/mol. The largest absolute Gasteiger partial charge is 0.466 e. The summed E-state index contributed by atoms with van der Waals surface area (Å²) in [6, 6.07) is 8.10. The Labute approximate surface area is 96.9 Å². The molecule has 0 radical (unpaired) electrons. The van der Waals surface area contributed by atoms with Gasteiger partial charge in [-0.25, -0.2) is 4.79 Å². The molecule has 1 aromatic carbocycles. The fraction of sp³-hybridized carbons (Fsp3) is 0.357. The number of hydrogen-bond donors (Lipinski definition) is 0. The summed E-state index contributed by atoms with van der Waals surface area (Å²) < 4.78 is 4.57. The van der Waals surface area contributed by atoms with Gasteiger partial charge >= 0.3 is 5.97 Å². The van der Waals surface area contributed by atoms with Crippen molar-refractivity contribution in [2.75, 3.05) is 7.11 Å². The zero-order valence-corrected chi connectivity index (χ0v) is 10.1. The minimum atomic E-state index is -0.320. The number of ether oxygens (including phenoxy) is 1. The normalized spacial score (nSPS) is 11.0. The molecule has 0 heterocycles. The molecule has 0 aliphatic carbocycles. The van der Waals surface area contributed by atoms with Crippen molar-refractivity contribution in [2.24, 2.45) is 5.92 Å². The van der Waals surface area contributed by atoms with Crippen molar-refractivity contribution >= 4 is 12.0 Å². The van der Waals surface area contributed by atoms with E-state index in [1.54, 1.807) is 0 Å². The molecule has 0 saturated heterocycles. The monoisotopic (exact) mass is 218 g/mol. The molecule has 0 atom stereocenters. The molecule has 16 heavy (non-hydrogen) atoms. The molecule has 2 nitrogen and oxygen atoms in total.